The second-order valence-electron chi connectivity index (χ2n) is 6.52. The molecule has 2 aromatic heterocycles. The molecule has 1 aromatic carbocycles. The zero-order valence-corrected chi connectivity index (χ0v) is 13.9. The number of carboxylic acids is 1. The molecule has 1 N–H and O–H groups in total. The summed E-state index contributed by atoms with van der Waals surface area (Å²) in [6.07, 6.45) is 2.00. The highest BCUT2D eigenvalue weighted by Crippen LogP contribution is 2.28. The summed E-state index contributed by atoms with van der Waals surface area (Å²) in [6.45, 7) is 4.61. The first-order valence-electron chi connectivity index (χ1n) is 8.37. The van der Waals surface area contributed by atoms with Crippen LogP contribution >= 0.6 is 0 Å². The number of rotatable bonds is 4. The first kappa shape index (κ1) is 15.8. The number of carbonyl (C=O) groups is 1. The summed E-state index contributed by atoms with van der Waals surface area (Å²) in [5.74, 6) is 0.704. The van der Waals surface area contributed by atoms with Gasteiger partial charge in [0.25, 0.3) is 0 Å². The van der Waals surface area contributed by atoms with E-state index in [4.69, 9.17) is 14.0 Å². The third-order valence-electron chi connectivity index (χ3n) is 4.68. The molecule has 1 saturated heterocycles. The molecule has 0 atom stereocenters. The van der Waals surface area contributed by atoms with Crippen LogP contribution in [0, 0.1) is 6.92 Å². The first-order valence-corrected chi connectivity index (χ1v) is 8.37. The number of piperidine rings is 1. The number of carboxylic acid groups (broad SMARTS) is 1. The van der Waals surface area contributed by atoms with Crippen molar-refractivity contribution in [3.63, 3.8) is 0 Å². The third kappa shape index (κ3) is 3.28. The number of hydrogen-bond acceptors (Lipinski definition) is 6. The summed E-state index contributed by atoms with van der Waals surface area (Å²) >= 11 is 0. The normalized spacial score (nSPS) is 16.5. The van der Waals surface area contributed by atoms with E-state index in [0.29, 0.717) is 17.3 Å². The van der Waals surface area contributed by atoms with Crippen LogP contribution in [-0.2, 0) is 6.54 Å². The van der Waals surface area contributed by atoms with Gasteiger partial charge >= 0.3 is 5.97 Å². The van der Waals surface area contributed by atoms with E-state index in [-0.39, 0.29) is 5.76 Å². The van der Waals surface area contributed by atoms with Gasteiger partial charge in [-0.15, -0.1) is 0 Å². The highest BCUT2D eigenvalue weighted by Gasteiger charge is 2.24. The van der Waals surface area contributed by atoms with Crippen molar-refractivity contribution in [3.8, 4) is 0 Å². The Morgan fingerprint density at radius 1 is 1.32 bits per heavy atom. The number of benzene rings is 1. The van der Waals surface area contributed by atoms with E-state index in [1.807, 2.05) is 25.1 Å². The summed E-state index contributed by atoms with van der Waals surface area (Å²) in [5, 5.41) is 13.7. The smallest absolute Gasteiger partial charge is 0.371 e. The standard InChI is InChI=1S/C18H19N3O4/c1-11-19-17(25-20-11)13-4-6-21(7-5-13)10-12-2-3-15-14(8-12)9-16(24-15)18(22)23/h2-3,8-9,13H,4-7,10H2,1H3,(H,22,23). The monoisotopic (exact) mass is 341 g/mol. The molecule has 3 aromatic rings. The van der Waals surface area contributed by atoms with Gasteiger partial charge in [-0.05, 0) is 56.6 Å². The predicted octanol–water partition coefficient (Wildman–Crippen LogP) is 3.20. The van der Waals surface area contributed by atoms with Gasteiger partial charge in [0.2, 0.25) is 11.7 Å². The van der Waals surface area contributed by atoms with Crippen LogP contribution in [0.4, 0.5) is 0 Å². The van der Waals surface area contributed by atoms with Crippen molar-refractivity contribution in [1.82, 2.24) is 15.0 Å². The van der Waals surface area contributed by atoms with Crippen molar-refractivity contribution in [2.45, 2.75) is 32.2 Å². The summed E-state index contributed by atoms with van der Waals surface area (Å²) in [6, 6.07) is 7.40. The third-order valence-corrected chi connectivity index (χ3v) is 4.68. The van der Waals surface area contributed by atoms with Crippen LogP contribution in [0.15, 0.2) is 33.2 Å². The van der Waals surface area contributed by atoms with Gasteiger partial charge in [-0.25, -0.2) is 4.79 Å². The van der Waals surface area contributed by atoms with Crippen LogP contribution in [-0.4, -0.2) is 39.2 Å². The molecule has 0 aliphatic carbocycles. The fraction of sp³-hybridized carbons (Fsp3) is 0.389. The molecule has 0 unspecified atom stereocenters. The van der Waals surface area contributed by atoms with Crippen LogP contribution in [0.1, 0.15) is 46.6 Å². The number of aromatic nitrogens is 2. The van der Waals surface area contributed by atoms with Crippen LogP contribution in [0.3, 0.4) is 0 Å². The van der Waals surface area contributed by atoms with E-state index >= 15 is 0 Å². The molecule has 130 valence electrons. The molecule has 0 bridgehead atoms. The van der Waals surface area contributed by atoms with Crippen molar-refractivity contribution in [2.75, 3.05) is 13.1 Å². The highest BCUT2D eigenvalue weighted by molar-refractivity contribution is 5.91. The minimum Gasteiger partial charge on any atom is -0.475 e. The maximum atomic E-state index is 11.0. The minimum atomic E-state index is -1.05. The molecule has 0 amide bonds. The molecule has 1 aliphatic rings. The van der Waals surface area contributed by atoms with Crippen LogP contribution < -0.4 is 0 Å². The Morgan fingerprint density at radius 2 is 2.12 bits per heavy atom. The lowest BCUT2D eigenvalue weighted by Crippen LogP contribution is -2.32. The first-order chi connectivity index (χ1) is 12.1. The average Bonchev–Trinajstić information content (AvgIpc) is 3.21. The van der Waals surface area contributed by atoms with E-state index in [2.05, 4.69) is 15.0 Å². The molecule has 1 aliphatic heterocycles. The largest absolute Gasteiger partial charge is 0.475 e. The number of furan rings is 1. The minimum absolute atomic E-state index is 0.0252. The molecule has 3 heterocycles. The van der Waals surface area contributed by atoms with E-state index in [1.54, 1.807) is 6.07 Å². The van der Waals surface area contributed by atoms with Gasteiger partial charge in [0, 0.05) is 17.8 Å². The molecule has 1 fully saturated rings. The quantitative estimate of drug-likeness (QED) is 0.779. The lowest BCUT2D eigenvalue weighted by molar-refractivity contribution is 0.0665. The Kier molecular flexibility index (Phi) is 4.01. The lowest BCUT2D eigenvalue weighted by atomic mass is 9.96. The van der Waals surface area contributed by atoms with Gasteiger partial charge in [-0.1, -0.05) is 11.2 Å². The number of fused-ring (bicyclic) bond motifs is 1. The zero-order valence-electron chi connectivity index (χ0n) is 13.9. The van der Waals surface area contributed by atoms with E-state index < -0.39 is 5.97 Å². The molecule has 4 rings (SSSR count). The molecule has 0 spiro atoms. The summed E-state index contributed by atoms with van der Waals surface area (Å²) in [5.41, 5.74) is 1.75. The maximum absolute atomic E-state index is 11.0. The Hall–Kier alpha value is -2.67. The van der Waals surface area contributed by atoms with Gasteiger partial charge in [-0.3, -0.25) is 4.90 Å². The molecular weight excluding hydrogens is 322 g/mol. The summed E-state index contributed by atoms with van der Waals surface area (Å²) in [4.78, 5) is 17.7. The second-order valence-corrected chi connectivity index (χ2v) is 6.52. The summed E-state index contributed by atoms with van der Waals surface area (Å²) < 4.78 is 10.6. The Balaban J connectivity index is 1.41. The molecule has 0 radical (unpaired) electrons. The second kappa shape index (κ2) is 6.33. The van der Waals surface area contributed by atoms with E-state index in [1.165, 1.54) is 0 Å². The average molecular weight is 341 g/mol. The Labute approximate surface area is 144 Å². The Bertz CT molecular complexity index is 906. The van der Waals surface area contributed by atoms with Gasteiger partial charge in [0.15, 0.2) is 5.82 Å². The molecule has 0 saturated carbocycles. The van der Waals surface area contributed by atoms with Crippen molar-refractivity contribution >= 4 is 16.9 Å². The van der Waals surface area contributed by atoms with Crippen LogP contribution in [0.2, 0.25) is 0 Å². The van der Waals surface area contributed by atoms with E-state index in [0.717, 1.165) is 49.3 Å². The number of hydrogen-bond donors (Lipinski definition) is 1. The maximum Gasteiger partial charge on any atom is 0.371 e. The molecule has 7 heteroatoms. The summed E-state index contributed by atoms with van der Waals surface area (Å²) in [7, 11) is 0. The number of aromatic carboxylic acids is 1. The van der Waals surface area contributed by atoms with Crippen LogP contribution in [0.25, 0.3) is 11.0 Å². The number of likely N-dealkylation sites (tertiary alicyclic amines) is 1. The Morgan fingerprint density at radius 3 is 2.80 bits per heavy atom. The van der Waals surface area contributed by atoms with Gasteiger partial charge in [-0.2, -0.15) is 4.98 Å². The van der Waals surface area contributed by atoms with Crippen molar-refractivity contribution in [1.29, 1.82) is 0 Å². The zero-order chi connectivity index (χ0) is 17.4. The number of aryl methyl sites for hydroxylation is 1. The molecular formula is C18H19N3O4. The topological polar surface area (TPSA) is 92.6 Å². The van der Waals surface area contributed by atoms with E-state index in [9.17, 15) is 4.79 Å². The lowest BCUT2D eigenvalue weighted by Gasteiger charge is -2.30. The van der Waals surface area contributed by atoms with Crippen molar-refractivity contribution < 1.29 is 18.8 Å². The fourth-order valence-electron chi connectivity index (χ4n) is 3.37. The molecule has 25 heavy (non-hydrogen) atoms. The van der Waals surface area contributed by atoms with Gasteiger partial charge < -0.3 is 14.0 Å². The van der Waals surface area contributed by atoms with Gasteiger partial charge in [0.05, 0.1) is 0 Å². The highest BCUT2D eigenvalue weighted by atomic mass is 16.5. The predicted molar refractivity (Wildman–Crippen MR) is 89.5 cm³/mol. The fourth-order valence-corrected chi connectivity index (χ4v) is 3.37. The van der Waals surface area contributed by atoms with Crippen LogP contribution in [0.5, 0.6) is 0 Å². The van der Waals surface area contributed by atoms with Crippen molar-refractivity contribution in [3.05, 3.63) is 47.3 Å². The molecule has 7 nitrogen and oxygen atoms in total. The van der Waals surface area contributed by atoms with Gasteiger partial charge in [0.1, 0.15) is 5.58 Å². The van der Waals surface area contributed by atoms with Crippen molar-refractivity contribution in [2.24, 2.45) is 0 Å². The SMILES string of the molecule is Cc1noc(C2CCN(Cc3ccc4oc(C(=O)O)cc4c3)CC2)n1. The number of nitrogens with zero attached hydrogens (tertiary/aromatic N) is 3.